The summed E-state index contributed by atoms with van der Waals surface area (Å²) in [7, 11) is 0. The van der Waals surface area contributed by atoms with Crippen LogP contribution in [0, 0.1) is 5.82 Å². The lowest BCUT2D eigenvalue weighted by Crippen LogP contribution is -2.15. The smallest absolute Gasteiger partial charge is 0.250 e. The first-order chi connectivity index (χ1) is 9.58. The average Bonchev–Trinajstić information content (AvgIpc) is 2.82. The summed E-state index contributed by atoms with van der Waals surface area (Å²) in [4.78, 5) is 11.3. The summed E-state index contributed by atoms with van der Waals surface area (Å²) in [5.41, 5.74) is 12.1. The molecule has 0 aliphatic heterocycles. The van der Waals surface area contributed by atoms with Crippen molar-refractivity contribution in [2.75, 3.05) is 5.73 Å². The second kappa shape index (κ2) is 4.30. The molecular formula is C13H10FN5O. The van der Waals surface area contributed by atoms with E-state index in [4.69, 9.17) is 11.5 Å². The average molecular weight is 271 g/mol. The minimum absolute atomic E-state index is 0.0110. The molecule has 0 fully saturated rings. The van der Waals surface area contributed by atoms with Crippen LogP contribution in [0.3, 0.4) is 0 Å². The van der Waals surface area contributed by atoms with E-state index in [2.05, 4.69) is 10.3 Å². The maximum absolute atomic E-state index is 14.1. The van der Waals surface area contributed by atoms with Gasteiger partial charge in [0.05, 0.1) is 11.1 Å². The molecule has 0 aliphatic carbocycles. The summed E-state index contributed by atoms with van der Waals surface area (Å²) in [5, 5.41) is 7.82. The fourth-order valence-corrected chi connectivity index (χ4v) is 2.00. The molecule has 20 heavy (non-hydrogen) atoms. The summed E-state index contributed by atoms with van der Waals surface area (Å²) in [5.74, 6) is -1.34. The standard InChI is InChI=1S/C13H10FN5O/c14-8-6-9(15)7(13(16)20)5-12(8)19-11-4-2-1-3-10(11)17-18-19/h1-6H,15H2,(H2,16,20). The van der Waals surface area contributed by atoms with Crippen molar-refractivity contribution in [2.45, 2.75) is 0 Å². The Morgan fingerprint density at radius 2 is 2.00 bits per heavy atom. The predicted octanol–water partition coefficient (Wildman–Crippen LogP) is 1.24. The van der Waals surface area contributed by atoms with E-state index in [1.807, 2.05) is 0 Å². The van der Waals surface area contributed by atoms with Crippen LogP contribution in [0.4, 0.5) is 10.1 Å². The third-order valence-electron chi connectivity index (χ3n) is 2.96. The van der Waals surface area contributed by atoms with Crippen LogP contribution in [-0.2, 0) is 0 Å². The van der Waals surface area contributed by atoms with Gasteiger partial charge in [-0.1, -0.05) is 17.3 Å². The van der Waals surface area contributed by atoms with E-state index >= 15 is 0 Å². The molecule has 100 valence electrons. The lowest BCUT2D eigenvalue weighted by Gasteiger charge is -2.08. The zero-order valence-corrected chi connectivity index (χ0v) is 10.2. The van der Waals surface area contributed by atoms with Crippen LogP contribution in [0.1, 0.15) is 10.4 Å². The Morgan fingerprint density at radius 1 is 1.25 bits per heavy atom. The van der Waals surface area contributed by atoms with Gasteiger partial charge in [-0.2, -0.15) is 0 Å². The Morgan fingerprint density at radius 3 is 2.75 bits per heavy atom. The number of hydrogen-bond donors (Lipinski definition) is 2. The molecule has 3 rings (SSSR count). The summed E-state index contributed by atoms with van der Waals surface area (Å²) in [6, 6.07) is 9.40. The molecular weight excluding hydrogens is 261 g/mol. The van der Waals surface area contributed by atoms with E-state index in [1.54, 1.807) is 24.3 Å². The van der Waals surface area contributed by atoms with Crippen molar-refractivity contribution in [3.63, 3.8) is 0 Å². The minimum Gasteiger partial charge on any atom is -0.398 e. The van der Waals surface area contributed by atoms with Crippen LogP contribution < -0.4 is 11.5 Å². The summed E-state index contributed by atoms with van der Waals surface area (Å²) in [6.07, 6.45) is 0. The number of hydrogen-bond acceptors (Lipinski definition) is 4. The van der Waals surface area contributed by atoms with Crippen LogP contribution in [0.5, 0.6) is 0 Å². The topological polar surface area (TPSA) is 99.8 Å². The Kier molecular flexibility index (Phi) is 2.60. The molecule has 4 N–H and O–H groups in total. The summed E-state index contributed by atoms with van der Waals surface area (Å²) in [6.45, 7) is 0. The molecule has 0 saturated carbocycles. The number of fused-ring (bicyclic) bond motifs is 1. The van der Waals surface area contributed by atoms with E-state index < -0.39 is 11.7 Å². The highest BCUT2D eigenvalue weighted by molar-refractivity contribution is 5.98. The van der Waals surface area contributed by atoms with E-state index in [-0.39, 0.29) is 16.9 Å². The fraction of sp³-hybridized carbons (Fsp3) is 0. The molecule has 0 bridgehead atoms. The Hall–Kier alpha value is -2.96. The highest BCUT2D eigenvalue weighted by atomic mass is 19.1. The first-order valence-electron chi connectivity index (χ1n) is 5.77. The van der Waals surface area contributed by atoms with Gasteiger partial charge in [0.2, 0.25) is 0 Å². The number of nitrogens with zero attached hydrogens (tertiary/aromatic N) is 3. The molecule has 7 heteroatoms. The number of nitrogen functional groups attached to an aromatic ring is 1. The highest BCUT2D eigenvalue weighted by Gasteiger charge is 2.15. The van der Waals surface area contributed by atoms with E-state index in [9.17, 15) is 9.18 Å². The molecule has 3 aromatic rings. The Balaban J connectivity index is 2.29. The summed E-state index contributed by atoms with van der Waals surface area (Å²) < 4.78 is 15.4. The van der Waals surface area contributed by atoms with Crippen LogP contribution in [0.15, 0.2) is 36.4 Å². The first-order valence-corrected chi connectivity index (χ1v) is 5.77. The number of aromatic nitrogens is 3. The van der Waals surface area contributed by atoms with E-state index in [1.165, 1.54) is 10.7 Å². The van der Waals surface area contributed by atoms with E-state index in [0.29, 0.717) is 11.0 Å². The lowest BCUT2D eigenvalue weighted by atomic mass is 10.1. The molecule has 0 aliphatic rings. The Bertz CT molecular complexity index is 827. The van der Waals surface area contributed by atoms with Crippen molar-refractivity contribution in [3.8, 4) is 5.69 Å². The number of amides is 1. The van der Waals surface area contributed by atoms with Crippen LogP contribution in [-0.4, -0.2) is 20.9 Å². The third-order valence-corrected chi connectivity index (χ3v) is 2.96. The largest absolute Gasteiger partial charge is 0.398 e. The number of nitrogens with two attached hydrogens (primary N) is 2. The number of benzene rings is 2. The van der Waals surface area contributed by atoms with Crippen LogP contribution >= 0.6 is 0 Å². The monoisotopic (exact) mass is 271 g/mol. The molecule has 0 radical (unpaired) electrons. The second-order valence-corrected chi connectivity index (χ2v) is 4.25. The van der Waals surface area contributed by atoms with Crippen molar-refractivity contribution in [1.29, 1.82) is 0 Å². The number of para-hydroxylation sites is 1. The van der Waals surface area contributed by atoms with Gasteiger partial charge in [-0.05, 0) is 24.3 Å². The predicted molar refractivity (Wildman–Crippen MR) is 71.8 cm³/mol. The third kappa shape index (κ3) is 1.76. The molecule has 0 unspecified atom stereocenters. The SMILES string of the molecule is NC(=O)c1cc(-n2nnc3ccccc32)c(F)cc1N. The van der Waals surface area contributed by atoms with Gasteiger partial charge < -0.3 is 11.5 Å². The quantitative estimate of drug-likeness (QED) is 0.685. The van der Waals surface area contributed by atoms with Gasteiger partial charge in [-0.15, -0.1) is 5.10 Å². The maximum atomic E-state index is 14.1. The van der Waals surface area contributed by atoms with Gasteiger partial charge in [-0.3, -0.25) is 4.79 Å². The van der Waals surface area contributed by atoms with Gasteiger partial charge in [0.1, 0.15) is 11.2 Å². The molecule has 1 aromatic heterocycles. The zero-order chi connectivity index (χ0) is 14.3. The van der Waals surface area contributed by atoms with Crippen molar-refractivity contribution in [3.05, 3.63) is 47.8 Å². The van der Waals surface area contributed by atoms with Gasteiger partial charge in [-0.25, -0.2) is 9.07 Å². The van der Waals surface area contributed by atoms with Crippen molar-refractivity contribution in [2.24, 2.45) is 5.73 Å². The van der Waals surface area contributed by atoms with Gasteiger partial charge >= 0.3 is 0 Å². The number of anilines is 1. The van der Waals surface area contributed by atoms with Gasteiger partial charge in [0.15, 0.2) is 5.82 Å². The lowest BCUT2D eigenvalue weighted by molar-refractivity contribution is 0.100. The number of primary amides is 1. The van der Waals surface area contributed by atoms with Crippen molar-refractivity contribution < 1.29 is 9.18 Å². The number of halogens is 1. The molecule has 0 spiro atoms. The van der Waals surface area contributed by atoms with Crippen molar-refractivity contribution >= 4 is 22.6 Å². The first kappa shape index (κ1) is 12.1. The Labute approximate surface area is 112 Å². The van der Waals surface area contributed by atoms with Crippen molar-refractivity contribution in [1.82, 2.24) is 15.0 Å². The van der Waals surface area contributed by atoms with Crippen LogP contribution in [0.2, 0.25) is 0 Å². The molecule has 0 saturated heterocycles. The minimum atomic E-state index is -0.729. The fourth-order valence-electron chi connectivity index (χ4n) is 2.00. The van der Waals surface area contributed by atoms with Crippen LogP contribution in [0.25, 0.3) is 16.7 Å². The normalized spacial score (nSPS) is 10.8. The number of carbonyl (C=O) groups is 1. The maximum Gasteiger partial charge on any atom is 0.250 e. The highest BCUT2D eigenvalue weighted by Crippen LogP contribution is 2.23. The second-order valence-electron chi connectivity index (χ2n) is 4.25. The van der Waals surface area contributed by atoms with Gasteiger partial charge in [0, 0.05) is 5.69 Å². The molecule has 1 heterocycles. The number of carbonyl (C=O) groups excluding carboxylic acids is 1. The molecule has 1 amide bonds. The summed E-state index contributed by atoms with van der Waals surface area (Å²) >= 11 is 0. The number of rotatable bonds is 2. The molecule has 0 atom stereocenters. The van der Waals surface area contributed by atoms with Gasteiger partial charge in [0.25, 0.3) is 5.91 Å². The zero-order valence-electron chi connectivity index (χ0n) is 10.2. The van der Waals surface area contributed by atoms with E-state index in [0.717, 1.165) is 6.07 Å². The molecule has 2 aromatic carbocycles. The molecule has 6 nitrogen and oxygen atoms in total.